The number of anilines is 1. The number of rotatable bonds is 3. The van der Waals surface area contributed by atoms with E-state index in [2.05, 4.69) is 10.3 Å². The van der Waals surface area contributed by atoms with Gasteiger partial charge in [0, 0.05) is 16.8 Å². The van der Waals surface area contributed by atoms with Crippen molar-refractivity contribution in [3.63, 3.8) is 0 Å². The molecule has 5 heteroatoms. The van der Waals surface area contributed by atoms with E-state index < -0.39 is 0 Å². The molecule has 1 heterocycles. The zero-order chi connectivity index (χ0) is 14.8. The van der Waals surface area contributed by atoms with E-state index in [1.54, 1.807) is 42.5 Å². The first-order valence-electron chi connectivity index (χ1n) is 6.39. The summed E-state index contributed by atoms with van der Waals surface area (Å²) in [7, 11) is 0. The molecule has 1 aromatic heterocycles. The molecular formula is C16H12N2O3. The second-order valence-corrected chi connectivity index (χ2v) is 4.62. The number of benzene rings is 2. The molecule has 0 bridgehead atoms. The Morgan fingerprint density at radius 3 is 2.48 bits per heavy atom. The van der Waals surface area contributed by atoms with Crippen molar-refractivity contribution in [3.8, 4) is 0 Å². The zero-order valence-electron chi connectivity index (χ0n) is 11.3. The van der Waals surface area contributed by atoms with E-state index in [0.717, 1.165) is 0 Å². The maximum Gasteiger partial charge on any atom is 0.255 e. The maximum atomic E-state index is 12.2. The predicted octanol–water partition coefficient (Wildman–Crippen LogP) is 3.28. The van der Waals surface area contributed by atoms with Crippen molar-refractivity contribution in [2.45, 2.75) is 6.92 Å². The number of amides is 1. The standard InChI is InChI=1S/C16H12N2O3/c1-10(19)11-2-5-13(6-3-11)18-16(20)12-4-7-14-15(8-12)21-9-17-14/h2-9H,1H3,(H,18,20). The Morgan fingerprint density at radius 1 is 1.05 bits per heavy atom. The minimum absolute atomic E-state index is 0.0105. The number of carbonyl (C=O) groups excluding carboxylic acids is 2. The molecule has 21 heavy (non-hydrogen) atoms. The Balaban J connectivity index is 1.80. The van der Waals surface area contributed by atoms with Crippen molar-refractivity contribution in [2.24, 2.45) is 0 Å². The number of oxazole rings is 1. The fourth-order valence-electron chi connectivity index (χ4n) is 1.99. The lowest BCUT2D eigenvalue weighted by Crippen LogP contribution is -2.11. The van der Waals surface area contributed by atoms with Crippen LogP contribution in [0.5, 0.6) is 0 Å². The number of nitrogens with zero attached hydrogens (tertiary/aromatic N) is 1. The summed E-state index contributed by atoms with van der Waals surface area (Å²) in [6.45, 7) is 1.50. The highest BCUT2D eigenvalue weighted by Gasteiger charge is 2.09. The summed E-state index contributed by atoms with van der Waals surface area (Å²) in [5, 5.41) is 2.77. The topological polar surface area (TPSA) is 72.2 Å². The van der Waals surface area contributed by atoms with Gasteiger partial charge < -0.3 is 9.73 Å². The average molecular weight is 280 g/mol. The highest BCUT2D eigenvalue weighted by molar-refractivity contribution is 6.06. The normalized spacial score (nSPS) is 10.5. The molecule has 0 radical (unpaired) electrons. The molecule has 0 spiro atoms. The van der Waals surface area contributed by atoms with Crippen LogP contribution in [0, 0.1) is 0 Å². The molecule has 0 saturated carbocycles. The molecule has 0 unspecified atom stereocenters. The molecular weight excluding hydrogens is 268 g/mol. The molecule has 2 aromatic carbocycles. The number of Topliss-reactive ketones (excluding diaryl/α,β-unsaturated/α-hetero) is 1. The molecule has 0 aliphatic rings. The van der Waals surface area contributed by atoms with Gasteiger partial charge in [0.2, 0.25) is 0 Å². The third-order valence-corrected chi connectivity index (χ3v) is 3.14. The van der Waals surface area contributed by atoms with Crippen LogP contribution in [0.25, 0.3) is 11.1 Å². The fourth-order valence-corrected chi connectivity index (χ4v) is 1.99. The first-order valence-corrected chi connectivity index (χ1v) is 6.39. The third-order valence-electron chi connectivity index (χ3n) is 3.14. The number of ketones is 1. The molecule has 0 saturated heterocycles. The molecule has 0 atom stereocenters. The van der Waals surface area contributed by atoms with Gasteiger partial charge in [0.25, 0.3) is 5.91 Å². The van der Waals surface area contributed by atoms with Crippen LogP contribution in [-0.2, 0) is 0 Å². The minimum atomic E-state index is -0.246. The van der Waals surface area contributed by atoms with Crippen molar-refractivity contribution in [1.29, 1.82) is 0 Å². The summed E-state index contributed by atoms with van der Waals surface area (Å²) in [5.41, 5.74) is 2.99. The molecule has 104 valence electrons. The molecule has 0 aliphatic carbocycles. The number of carbonyl (C=O) groups is 2. The van der Waals surface area contributed by atoms with Gasteiger partial charge in [0.15, 0.2) is 17.8 Å². The van der Waals surface area contributed by atoms with Gasteiger partial charge >= 0.3 is 0 Å². The SMILES string of the molecule is CC(=O)c1ccc(NC(=O)c2ccc3ncoc3c2)cc1. The monoisotopic (exact) mass is 280 g/mol. The van der Waals surface area contributed by atoms with Gasteiger partial charge in [-0.2, -0.15) is 0 Å². The van der Waals surface area contributed by atoms with E-state index in [0.29, 0.717) is 27.9 Å². The van der Waals surface area contributed by atoms with Gasteiger partial charge in [-0.1, -0.05) is 0 Å². The number of nitrogens with one attached hydrogen (secondary N) is 1. The Hall–Kier alpha value is -2.95. The second-order valence-electron chi connectivity index (χ2n) is 4.62. The van der Waals surface area contributed by atoms with Crippen LogP contribution in [0.3, 0.4) is 0 Å². The van der Waals surface area contributed by atoms with Gasteiger partial charge in [-0.3, -0.25) is 9.59 Å². The molecule has 3 aromatic rings. The highest BCUT2D eigenvalue weighted by atomic mass is 16.3. The van der Waals surface area contributed by atoms with Crippen LogP contribution in [0.1, 0.15) is 27.6 Å². The summed E-state index contributed by atoms with van der Waals surface area (Å²) in [5.74, 6) is -0.257. The highest BCUT2D eigenvalue weighted by Crippen LogP contribution is 2.16. The molecule has 3 rings (SSSR count). The summed E-state index contributed by atoms with van der Waals surface area (Å²) < 4.78 is 5.17. The van der Waals surface area contributed by atoms with Crippen molar-refractivity contribution in [3.05, 3.63) is 60.0 Å². The van der Waals surface area contributed by atoms with Gasteiger partial charge in [-0.25, -0.2) is 4.98 Å². The second kappa shape index (κ2) is 5.20. The van der Waals surface area contributed by atoms with E-state index in [-0.39, 0.29) is 11.7 Å². The van der Waals surface area contributed by atoms with Gasteiger partial charge in [-0.15, -0.1) is 0 Å². The van der Waals surface area contributed by atoms with E-state index in [1.165, 1.54) is 13.3 Å². The van der Waals surface area contributed by atoms with Crippen molar-refractivity contribution in [2.75, 3.05) is 5.32 Å². The van der Waals surface area contributed by atoms with Crippen molar-refractivity contribution in [1.82, 2.24) is 4.98 Å². The third kappa shape index (κ3) is 2.67. The van der Waals surface area contributed by atoms with Gasteiger partial charge in [0.1, 0.15) is 5.52 Å². The quantitative estimate of drug-likeness (QED) is 0.747. The Labute approximate surface area is 120 Å². The number of hydrogen-bond donors (Lipinski definition) is 1. The lowest BCUT2D eigenvalue weighted by atomic mass is 10.1. The lowest BCUT2D eigenvalue weighted by molar-refractivity contribution is 0.101. The summed E-state index contributed by atoms with van der Waals surface area (Å²) in [6.07, 6.45) is 1.34. The Kier molecular flexibility index (Phi) is 3.23. The van der Waals surface area contributed by atoms with E-state index in [4.69, 9.17) is 4.42 Å². The number of aromatic nitrogens is 1. The smallest absolute Gasteiger partial charge is 0.255 e. The van der Waals surface area contributed by atoms with Gasteiger partial charge in [0.05, 0.1) is 0 Å². The first kappa shape index (κ1) is 13.1. The van der Waals surface area contributed by atoms with Crippen LogP contribution >= 0.6 is 0 Å². The summed E-state index contributed by atoms with van der Waals surface area (Å²) in [4.78, 5) is 27.4. The zero-order valence-corrected chi connectivity index (χ0v) is 11.3. The van der Waals surface area contributed by atoms with Crippen molar-refractivity contribution >= 4 is 28.5 Å². The first-order chi connectivity index (χ1) is 10.1. The van der Waals surface area contributed by atoms with E-state index >= 15 is 0 Å². The Bertz CT molecular complexity index is 819. The molecule has 0 fully saturated rings. The number of fused-ring (bicyclic) bond motifs is 1. The van der Waals surface area contributed by atoms with Gasteiger partial charge in [-0.05, 0) is 49.4 Å². The fraction of sp³-hybridized carbons (Fsp3) is 0.0625. The van der Waals surface area contributed by atoms with Crippen LogP contribution in [0.2, 0.25) is 0 Å². The molecule has 5 nitrogen and oxygen atoms in total. The van der Waals surface area contributed by atoms with Crippen molar-refractivity contribution < 1.29 is 14.0 Å². The predicted molar refractivity (Wildman–Crippen MR) is 78.4 cm³/mol. The van der Waals surface area contributed by atoms with E-state index in [1.807, 2.05) is 0 Å². The van der Waals surface area contributed by atoms with Crippen LogP contribution in [-0.4, -0.2) is 16.7 Å². The number of hydrogen-bond acceptors (Lipinski definition) is 4. The largest absolute Gasteiger partial charge is 0.443 e. The van der Waals surface area contributed by atoms with Crippen LogP contribution < -0.4 is 5.32 Å². The van der Waals surface area contributed by atoms with E-state index in [9.17, 15) is 9.59 Å². The maximum absolute atomic E-state index is 12.2. The molecule has 0 aliphatic heterocycles. The minimum Gasteiger partial charge on any atom is -0.443 e. The molecule has 1 N–H and O–H groups in total. The van der Waals surface area contributed by atoms with Crippen LogP contribution in [0.4, 0.5) is 5.69 Å². The average Bonchev–Trinajstić information content (AvgIpc) is 2.95. The Morgan fingerprint density at radius 2 is 1.76 bits per heavy atom. The molecule has 1 amide bonds. The summed E-state index contributed by atoms with van der Waals surface area (Å²) in [6, 6.07) is 11.8. The summed E-state index contributed by atoms with van der Waals surface area (Å²) >= 11 is 0. The van der Waals surface area contributed by atoms with Crippen LogP contribution in [0.15, 0.2) is 53.3 Å². The lowest BCUT2D eigenvalue weighted by Gasteiger charge is -2.05.